The van der Waals surface area contributed by atoms with Crippen LogP contribution in [0, 0.1) is 10.1 Å². The third kappa shape index (κ3) is 4.54. The molecular formula is C10H16N4O5. The van der Waals surface area contributed by atoms with E-state index in [2.05, 4.69) is 10.3 Å². The van der Waals surface area contributed by atoms with Gasteiger partial charge >= 0.3 is 12.0 Å². The van der Waals surface area contributed by atoms with E-state index in [4.69, 9.17) is 9.84 Å². The number of nitro groups is 1. The molecule has 1 rings (SSSR count). The van der Waals surface area contributed by atoms with Crippen molar-refractivity contribution in [2.45, 2.75) is 19.4 Å². The van der Waals surface area contributed by atoms with E-state index in [1.807, 2.05) is 0 Å². The van der Waals surface area contributed by atoms with E-state index in [0.29, 0.717) is 25.1 Å². The molecule has 0 saturated carbocycles. The van der Waals surface area contributed by atoms with Crippen molar-refractivity contribution in [3.8, 4) is 0 Å². The number of nitrogens with zero attached hydrogens (tertiary/aromatic N) is 3. The smallest absolute Gasteiger partial charge is 0.434 e. The number of rotatable bonds is 7. The van der Waals surface area contributed by atoms with Crippen molar-refractivity contribution in [2.75, 3.05) is 13.2 Å². The second-order valence-corrected chi connectivity index (χ2v) is 3.80. The molecule has 1 heterocycles. The van der Waals surface area contributed by atoms with Gasteiger partial charge in [0.1, 0.15) is 6.20 Å². The van der Waals surface area contributed by atoms with Gasteiger partial charge in [0.15, 0.2) is 12.3 Å². The molecule has 106 valence electrons. The lowest BCUT2D eigenvalue weighted by molar-refractivity contribution is -0.396. The van der Waals surface area contributed by atoms with E-state index in [0.717, 1.165) is 0 Å². The summed E-state index contributed by atoms with van der Waals surface area (Å²) in [4.78, 5) is 24.8. The Morgan fingerprint density at radius 3 is 2.95 bits per heavy atom. The van der Waals surface area contributed by atoms with Gasteiger partial charge in [0.05, 0.1) is 7.05 Å². The molecule has 9 heteroatoms. The number of alkyl carbamates (subject to hydrolysis) is 1. The minimum absolute atomic E-state index is 0.0788. The van der Waals surface area contributed by atoms with Crippen molar-refractivity contribution in [1.82, 2.24) is 14.9 Å². The fraction of sp³-hybridized carbons (Fsp3) is 0.600. The summed E-state index contributed by atoms with van der Waals surface area (Å²) in [5.41, 5.74) is 0.428. The third-order valence-electron chi connectivity index (χ3n) is 2.43. The number of aromatic nitrogens is 2. The SMILES string of the molecule is Cn1c(COC(=O)NCCCCO)cnc1[N+](=O)[O-]. The molecule has 1 amide bonds. The number of hydrogen-bond donors (Lipinski definition) is 2. The number of amides is 1. The highest BCUT2D eigenvalue weighted by Gasteiger charge is 2.18. The second kappa shape index (κ2) is 7.31. The van der Waals surface area contributed by atoms with Gasteiger partial charge < -0.3 is 25.3 Å². The average molecular weight is 272 g/mol. The zero-order valence-electron chi connectivity index (χ0n) is 10.5. The summed E-state index contributed by atoms with van der Waals surface area (Å²) in [6.45, 7) is 0.392. The Morgan fingerprint density at radius 2 is 2.37 bits per heavy atom. The molecular weight excluding hydrogens is 256 g/mol. The van der Waals surface area contributed by atoms with E-state index in [1.165, 1.54) is 17.8 Å². The second-order valence-electron chi connectivity index (χ2n) is 3.80. The molecule has 0 aliphatic rings. The number of unbranched alkanes of at least 4 members (excludes halogenated alkanes) is 1. The van der Waals surface area contributed by atoms with Gasteiger partial charge in [0, 0.05) is 13.2 Å². The summed E-state index contributed by atoms with van der Waals surface area (Å²) < 4.78 is 6.14. The van der Waals surface area contributed by atoms with Gasteiger partial charge in [0.2, 0.25) is 0 Å². The topological polar surface area (TPSA) is 120 Å². The normalized spacial score (nSPS) is 10.2. The molecule has 0 aliphatic heterocycles. The van der Waals surface area contributed by atoms with Crippen LogP contribution in [0.25, 0.3) is 0 Å². The highest BCUT2D eigenvalue weighted by molar-refractivity contribution is 5.67. The zero-order valence-corrected chi connectivity index (χ0v) is 10.5. The van der Waals surface area contributed by atoms with Crippen LogP contribution in [0.3, 0.4) is 0 Å². The highest BCUT2D eigenvalue weighted by atomic mass is 16.6. The maximum atomic E-state index is 11.3. The lowest BCUT2D eigenvalue weighted by Gasteiger charge is -2.05. The van der Waals surface area contributed by atoms with E-state index in [1.54, 1.807) is 0 Å². The maximum Gasteiger partial charge on any atom is 0.434 e. The maximum absolute atomic E-state index is 11.3. The fourth-order valence-electron chi connectivity index (χ4n) is 1.36. The number of nitrogens with one attached hydrogen (secondary N) is 1. The summed E-state index contributed by atoms with van der Waals surface area (Å²) in [5.74, 6) is -0.304. The van der Waals surface area contributed by atoms with E-state index in [-0.39, 0.29) is 19.2 Å². The lowest BCUT2D eigenvalue weighted by atomic mass is 10.3. The van der Waals surface area contributed by atoms with E-state index < -0.39 is 11.0 Å². The summed E-state index contributed by atoms with van der Waals surface area (Å²) >= 11 is 0. The molecule has 0 bridgehead atoms. The molecule has 19 heavy (non-hydrogen) atoms. The largest absolute Gasteiger partial charge is 0.441 e. The van der Waals surface area contributed by atoms with Crippen LogP contribution >= 0.6 is 0 Å². The van der Waals surface area contributed by atoms with Crippen LogP contribution in [0.4, 0.5) is 10.7 Å². The quantitative estimate of drug-likeness (QED) is 0.419. The van der Waals surface area contributed by atoms with Crippen LogP contribution in [-0.4, -0.2) is 38.8 Å². The molecule has 1 aromatic rings. The number of imidazole rings is 1. The van der Waals surface area contributed by atoms with Gasteiger partial charge in [-0.2, -0.15) is 0 Å². The standard InChI is InChI=1S/C10H16N4O5/c1-13-8(6-12-9(13)14(17)18)7-19-10(16)11-4-2-3-5-15/h6,15H,2-5,7H2,1H3,(H,11,16). The van der Waals surface area contributed by atoms with Crippen molar-refractivity contribution in [1.29, 1.82) is 0 Å². The van der Waals surface area contributed by atoms with Gasteiger partial charge in [-0.05, 0) is 17.8 Å². The first kappa shape index (κ1) is 14.9. The Labute approximate surface area is 109 Å². The minimum atomic E-state index is -0.613. The minimum Gasteiger partial charge on any atom is -0.441 e. The molecule has 0 aromatic carbocycles. The molecule has 0 saturated heterocycles. The third-order valence-corrected chi connectivity index (χ3v) is 2.43. The van der Waals surface area contributed by atoms with Crippen LogP contribution < -0.4 is 5.32 Å². The van der Waals surface area contributed by atoms with Gasteiger partial charge in [-0.25, -0.2) is 9.36 Å². The fourth-order valence-corrected chi connectivity index (χ4v) is 1.36. The molecule has 0 unspecified atom stereocenters. The van der Waals surface area contributed by atoms with Gasteiger partial charge in [-0.1, -0.05) is 4.98 Å². The number of carbonyl (C=O) groups is 1. The van der Waals surface area contributed by atoms with Crippen molar-refractivity contribution in [3.05, 3.63) is 22.0 Å². The van der Waals surface area contributed by atoms with Crippen molar-refractivity contribution in [3.63, 3.8) is 0 Å². The van der Waals surface area contributed by atoms with Crippen molar-refractivity contribution < 1.29 is 19.6 Å². The Kier molecular flexibility index (Phi) is 5.73. The van der Waals surface area contributed by atoms with Gasteiger partial charge in [-0.3, -0.25) is 0 Å². The monoisotopic (exact) mass is 272 g/mol. The number of ether oxygens (including phenoxy) is 1. The van der Waals surface area contributed by atoms with Crippen LogP contribution in [0.1, 0.15) is 18.5 Å². The first-order chi connectivity index (χ1) is 9.06. The van der Waals surface area contributed by atoms with Crippen LogP contribution in [-0.2, 0) is 18.4 Å². The Morgan fingerprint density at radius 1 is 1.63 bits per heavy atom. The molecule has 0 aliphatic carbocycles. The molecule has 0 atom stereocenters. The number of aliphatic hydroxyl groups excluding tert-OH is 1. The Bertz CT molecular complexity index is 445. The number of aliphatic hydroxyl groups is 1. The summed E-state index contributed by atoms with van der Waals surface area (Å²) in [6.07, 6.45) is 1.94. The highest BCUT2D eigenvalue weighted by Crippen LogP contribution is 2.11. The number of hydrogen-bond acceptors (Lipinski definition) is 6. The molecule has 9 nitrogen and oxygen atoms in total. The van der Waals surface area contributed by atoms with Crippen LogP contribution in [0.2, 0.25) is 0 Å². The van der Waals surface area contributed by atoms with Crippen molar-refractivity contribution in [2.24, 2.45) is 7.05 Å². The number of carbonyl (C=O) groups excluding carboxylic acids is 1. The first-order valence-electron chi connectivity index (χ1n) is 5.72. The molecule has 0 spiro atoms. The molecule has 1 aromatic heterocycles. The Balaban J connectivity index is 2.36. The Hall–Kier alpha value is -2.16. The van der Waals surface area contributed by atoms with Gasteiger partial charge in [-0.15, -0.1) is 0 Å². The molecule has 0 fully saturated rings. The van der Waals surface area contributed by atoms with Crippen molar-refractivity contribution >= 4 is 12.0 Å². The predicted molar refractivity (Wildman–Crippen MR) is 64.4 cm³/mol. The van der Waals surface area contributed by atoms with Crippen LogP contribution in [0.5, 0.6) is 0 Å². The predicted octanol–water partition coefficient (Wildman–Crippen LogP) is 0.327. The molecule has 2 N–H and O–H groups in total. The summed E-state index contributed by atoms with van der Waals surface area (Å²) in [5, 5.41) is 21.6. The first-order valence-corrected chi connectivity index (χ1v) is 5.72. The van der Waals surface area contributed by atoms with E-state index >= 15 is 0 Å². The zero-order chi connectivity index (χ0) is 14.3. The van der Waals surface area contributed by atoms with Crippen LogP contribution in [0.15, 0.2) is 6.20 Å². The summed E-state index contributed by atoms with van der Waals surface area (Å²) in [7, 11) is 1.48. The lowest BCUT2D eigenvalue weighted by Crippen LogP contribution is -2.25. The van der Waals surface area contributed by atoms with Gasteiger partial charge in [0.25, 0.3) is 0 Å². The average Bonchev–Trinajstić information content (AvgIpc) is 2.74. The van der Waals surface area contributed by atoms with E-state index in [9.17, 15) is 14.9 Å². The molecule has 0 radical (unpaired) electrons. The summed E-state index contributed by atoms with van der Waals surface area (Å²) in [6, 6.07) is 0.